The molecular weight excluding hydrogens is 458 g/mol. The highest BCUT2D eigenvalue weighted by atomic mass is 35.5. The number of benzene rings is 2. The van der Waals surface area contributed by atoms with Crippen LogP contribution < -0.4 is 14.4 Å². The zero-order valence-corrected chi connectivity index (χ0v) is 20.2. The van der Waals surface area contributed by atoms with Gasteiger partial charge < -0.3 is 14.4 Å². The number of carbonyl (C=O) groups is 1. The Bertz CT molecular complexity index is 1020. The summed E-state index contributed by atoms with van der Waals surface area (Å²) < 4.78 is 13.0. The Morgan fingerprint density at radius 3 is 1.97 bits per heavy atom. The van der Waals surface area contributed by atoms with Crippen LogP contribution in [0.1, 0.15) is 21.5 Å². The van der Waals surface area contributed by atoms with Crippen molar-refractivity contribution in [2.75, 3.05) is 32.2 Å². The summed E-state index contributed by atoms with van der Waals surface area (Å²) in [6.07, 6.45) is 0.726. The van der Waals surface area contributed by atoms with Crippen LogP contribution in [0.25, 0.3) is 0 Å². The van der Waals surface area contributed by atoms with E-state index >= 15 is 0 Å². The van der Waals surface area contributed by atoms with Gasteiger partial charge in [0, 0.05) is 26.2 Å². The monoisotopic (exact) mass is 483 g/mol. The van der Waals surface area contributed by atoms with Crippen molar-refractivity contribution in [3.8, 4) is 11.5 Å². The van der Waals surface area contributed by atoms with Crippen LogP contribution in [-0.2, 0) is 13.1 Å². The van der Waals surface area contributed by atoms with Crippen LogP contribution in [0.4, 0.5) is 5.82 Å². The number of hydrogen-bond acceptors (Lipinski definition) is 7. The number of rotatable bonds is 10. The van der Waals surface area contributed by atoms with Crippen LogP contribution in [0.2, 0.25) is 5.15 Å². The van der Waals surface area contributed by atoms with Gasteiger partial charge in [0.1, 0.15) is 22.5 Å². The molecule has 0 aliphatic carbocycles. The Balaban J connectivity index is 1.41. The van der Waals surface area contributed by atoms with E-state index in [1.165, 1.54) is 11.1 Å². The Morgan fingerprint density at radius 2 is 1.52 bits per heavy atom. The molecule has 6 nitrogen and oxygen atoms in total. The molecule has 1 aromatic heterocycles. The maximum Gasteiger partial charge on any atom is 0.153 e. The lowest BCUT2D eigenvalue weighted by Gasteiger charge is -2.41. The fourth-order valence-electron chi connectivity index (χ4n) is 3.60. The van der Waals surface area contributed by atoms with Crippen LogP contribution in [-0.4, -0.2) is 48.1 Å². The number of methoxy groups -OCH3 is 2. The zero-order chi connectivity index (χ0) is 23.2. The van der Waals surface area contributed by atoms with E-state index in [4.69, 9.17) is 21.1 Å². The van der Waals surface area contributed by atoms with Crippen LogP contribution in [0.15, 0.2) is 60.7 Å². The Morgan fingerprint density at radius 1 is 0.970 bits per heavy atom. The summed E-state index contributed by atoms with van der Waals surface area (Å²) in [5.74, 6) is 2.52. The number of hydrogen-bond donors (Lipinski definition) is 0. The van der Waals surface area contributed by atoms with Crippen LogP contribution in [0, 0.1) is 0 Å². The lowest BCUT2D eigenvalue weighted by atomic mass is 10.2. The third-order valence-electron chi connectivity index (χ3n) is 5.50. The molecule has 33 heavy (non-hydrogen) atoms. The first-order valence-electron chi connectivity index (χ1n) is 10.6. The normalized spacial score (nSPS) is 13.6. The second-order valence-corrected chi connectivity index (χ2v) is 9.55. The van der Waals surface area contributed by atoms with Crippen LogP contribution in [0.3, 0.4) is 0 Å². The van der Waals surface area contributed by atoms with Gasteiger partial charge in [-0.2, -0.15) is 0 Å². The molecule has 0 amide bonds. The van der Waals surface area contributed by atoms with E-state index in [1.54, 1.807) is 20.3 Å². The van der Waals surface area contributed by atoms with E-state index in [9.17, 15) is 4.79 Å². The largest absolute Gasteiger partial charge is 0.497 e. The third-order valence-corrected chi connectivity index (χ3v) is 6.95. The average molecular weight is 484 g/mol. The fourth-order valence-corrected chi connectivity index (χ4v) is 5.16. The van der Waals surface area contributed by atoms with Crippen molar-refractivity contribution >= 4 is 35.7 Å². The Hall–Kier alpha value is -2.74. The second kappa shape index (κ2) is 10.9. The molecule has 0 saturated carbocycles. The number of aromatic nitrogens is 1. The molecule has 172 valence electrons. The third kappa shape index (κ3) is 5.99. The van der Waals surface area contributed by atoms with E-state index < -0.39 is 0 Å². The van der Waals surface area contributed by atoms with Gasteiger partial charge in [0.25, 0.3) is 0 Å². The SMILES string of the molecule is COc1ccc(CN(Cc2ccc(OC)cc2)SC2CN(c3ccc(C=O)c(Cl)n3)C2)cc1. The van der Waals surface area contributed by atoms with Gasteiger partial charge in [0.05, 0.1) is 25.0 Å². The average Bonchev–Trinajstić information content (AvgIpc) is 2.82. The molecule has 3 aromatic rings. The minimum atomic E-state index is 0.249. The Kier molecular flexibility index (Phi) is 7.75. The number of carbonyl (C=O) groups excluding carboxylic acids is 1. The maximum atomic E-state index is 11.0. The number of pyridine rings is 1. The van der Waals surface area contributed by atoms with Crippen molar-refractivity contribution < 1.29 is 14.3 Å². The lowest BCUT2D eigenvalue weighted by Crippen LogP contribution is -2.50. The summed E-state index contributed by atoms with van der Waals surface area (Å²) in [6, 6.07) is 20.0. The lowest BCUT2D eigenvalue weighted by molar-refractivity contribution is 0.112. The molecule has 8 heteroatoms. The summed E-state index contributed by atoms with van der Waals surface area (Å²) in [4.78, 5) is 17.5. The maximum absolute atomic E-state index is 11.0. The van der Waals surface area contributed by atoms with E-state index in [0.717, 1.165) is 49.8 Å². The summed E-state index contributed by atoms with van der Waals surface area (Å²) in [5, 5.41) is 0.687. The number of aldehydes is 1. The first-order valence-corrected chi connectivity index (χ1v) is 11.8. The van der Waals surface area contributed by atoms with E-state index in [1.807, 2.05) is 42.3 Å². The zero-order valence-electron chi connectivity index (χ0n) is 18.6. The molecule has 1 fully saturated rings. The molecule has 2 heterocycles. The Labute approximate surface area is 203 Å². The molecule has 2 aromatic carbocycles. The summed E-state index contributed by atoms with van der Waals surface area (Å²) in [7, 11) is 3.36. The second-order valence-electron chi connectivity index (χ2n) is 7.79. The van der Waals surface area contributed by atoms with E-state index in [2.05, 4.69) is 38.5 Å². The number of ether oxygens (including phenoxy) is 2. The van der Waals surface area contributed by atoms with Crippen molar-refractivity contribution in [2.45, 2.75) is 18.3 Å². The van der Waals surface area contributed by atoms with Gasteiger partial charge in [-0.05, 0) is 47.5 Å². The van der Waals surface area contributed by atoms with Gasteiger partial charge in [0.2, 0.25) is 0 Å². The predicted octanol–water partition coefficient (Wildman–Crippen LogP) is 5.10. The van der Waals surface area contributed by atoms with Gasteiger partial charge >= 0.3 is 0 Å². The topological polar surface area (TPSA) is 54.9 Å². The van der Waals surface area contributed by atoms with Gasteiger partial charge in [-0.3, -0.25) is 4.79 Å². The van der Waals surface area contributed by atoms with Crippen molar-refractivity contribution in [1.29, 1.82) is 0 Å². The van der Waals surface area contributed by atoms with Crippen molar-refractivity contribution in [3.05, 3.63) is 82.5 Å². The molecule has 1 saturated heterocycles. The van der Waals surface area contributed by atoms with Gasteiger partial charge in [-0.25, -0.2) is 9.29 Å². The molecule has 0 unspecified atom stereocenters. The van der Waals surface area contributed by atoms with Gasteiger partial charge in [-0.15, -0.1) is 0 Å². The molecule has 1 aliphatic rings. The fraction of sp³-hybridized carbons (Fsp3) is 0.280. The van der Waals surface area contributed by atoms with Crippen LogP contribution in [0.5, 0.6) is 11.5 Å². The smallest absolute Gasteiger partial charge is 0.153 e. The van der Waals surface area contributed by atoms with Gasteiger partial charge in [0.15, 0.2) is 6.29 Å². The quantitative estimate of drug-likeness (QED) is 0.226. The van der Waals surface area contributed by atoms with Gasteiger partial charge in [-0.1, -0.05) is 47.8 Å². The van der Waals surface area contributed by atoms with E-state index in [-0.39, 0.29) is 5.15 Å². The first-order chi connectivity index (χ1) is 16.1. The molecule has 0 spiro atoms. The predicted molar refractivity (Wildman–Crippen MR) is 133 cm³/mol. The van der Waals surface area contributed by atoms with Crippen molar-refractivity contribution in [1.82, 2.24) is 9.29 Å². The molecule has 4 rings (SSSR count). The van der Waals surface area contributed by atoms with Crippen molar-refractivity contribution in [2.24, 2.45) is 0 Å². The number of anilines is 1. The minimum absolute atomic E-state index is 0.249. The number of nitrogens with zero attached hydrogens (tertiary/aromatic N) is 3. The van der Waals surface area contributed by atoms with Crippen LogP contribution >= 0.6 is 23.5 Å². The summed E-state index contributed by atoms with van der Waals surface area (Å²) >= 11 is 7.96. The highest BCUT2D eigenvalue weighted by Gasteiger charge is 2.30. The molecule has 0 bridgehead atoms. The molecule has 0 atom stereocenters. The highest BCUT2D eigenvalue weighted by molar-refractivity contribution is 7.97. The summed E-state index contributed by atoms with van der Waals surface area (Å²) in [5.41, 5.74) is 2.87. The van der Waals surface area contributed by atoms with E-state index in [0.29, 0.717) is 10.8 Å². The highest BCUT2D eigenvalue weighted by Crippen LogP contribution is 2.32. The number of halogens is 1. The standard InChI is InChI=1S/C25H26ClN3O3S/c1-31-21-8-3-18(4-9-21)13-29(14-19-5-10-22(32-2)11-6-19)33-23-15-28(16-23)24-12-7-20(17-30)25(26)27-24/h3-12,17,23H,13-16H2,1-2H3. The van der Waals surface area contributed by atoms with Crippen molar-refractivity contribution in [3.63, 3.8) is 0 Å². The summed E-state index contributed by atoms with van der Waals surface area (Å²) in [6.45, 7) is 3.37. The molecule has 0 N–H and O–H groups in total. The first kappa shape index (κ1) is 23.4. The minimum Gasteiger partial charge on any atom is -0.497 e. The molecule has 1 aliphatic heterocycles. The molecular formula is C25H26ClN3O3S. The molecule has 0 radical (unpaired) electrons.